The molecule has 0 heterocycles. The molecule has 7 rings (SSSR count). The number of fused-ring (bicyclic) bond motifs is 4. The summed E-state index contributed by atoms with van der Waals surface area (Å²) < 4.78 is 18.0. The van der Waals surface area contributed by atoms with Gasteiger partial charge in [-0.15, -0.1) is 0 Å². The highest BCUT2D eigenvalue weighted by atomic mass is 15.1. The Balaban J connectivity index is 1.25. The molecule has 1 aliphatic rings. The van der Waals surface area contributed by atoms with Crippen LogP contribution in [0, 0.1) is 11.3 Å². The zero-order chi connectivity index (χ0) is 30.4. The molecule has 6 aromatic rings. The van der Waals surface area contributed by atoms with E-state index in [9.17, 15) is 5.26 Å². The Bertz CT molecular complexity index is 2120. The van der Waals surface area contributed by atoms with Crippen molar-refractivity contribution in [1.82, 2.24) is 0 Å². The van der Waals surface area contributed by atoms with Gasteiger partial charge in [0, 0.05) is 22.5 Å². The summed E-state index contributed by atoms with van der Waals surface area (Å²) in [5, 5.41) is 11.6. The van der Waals surface area contributed by atoms with Crippen LogP contribution in [0.1, 0.15) is 44.4 Å². The van der Waals surface area contributed by atoms with Crippen molar-refractivity contribution in [1.29, 1.82) is 5.26 Å². The number of hydrogen-bond donors (Lipinski definition) is 0. The molecule has 0 unspecified atom stereocenters. The Morgan fingerprint density at radius 1 is 0.595 bits per heavy atom. The van der Waals surface area contributed by atoms with Crippen LogP contribution in [0.3, 0.4) is 0 Å². The van der Waals surface area contributed by atoms with E-state index in [1.54, 1.807) is 0 Å². The van der Waals surface area contributed by atoms with E-state index in [0.717, 1.165) is 33.4 Å². The van der Waals surface area contributed by atoms with Crippen LogP contribution in [0.25, 0.3) is 34.0 Å². The Morgan fingerprint density at radius 2 is 1.19 bits per heavy atom. The van der Waals surface area contributed by atoms with Crippen LogP contribution in [0.4, 0.5) is 17.1 Å². The van der Waals surface area contributed by atoms with Gasteiger partial charge in [-0.05, 0) is 92.7 Å². The van der Waals surface area contributed by atoms with Crippen LogP contribution >= 0.6 is 0 Å². The van der Waals surface area contributed by atoms with Gasteiger partial charge >= 0.3 is 0 Å². The van der Waals surface area contributed by atoms with Crippen molar-refractivity contribution in [2.24, 2.45) is 0 Å². The molecule has 200 valence electrons. The molecule has 42 heavy (non-hydrogen) atoms. The van der Waals surface area contributed by atoms with Crippen LogP contribution in [0.15, 0.2) is 133 Å². The van der Waals surface area contributed by atoms with E-state index >= 15 is 0 Å². The van der Waals surface area contributed by atoms with Crippen LogP contribution in [0.5, 0.6) is 0 Å². The molecular weight excluding hydrogens is 508 g/mol. The Kier molecular flexibility index (Phi) is 5.68. The molecule has 0 saturated heterocycles. The minimum Gasteiger partial charge on any atom is -0.310 e. The zero-order valence-electron chi connectivity index (χ0n) is 25.6. The highest BCUT2D eigenvalue weighted by Gasteiger charge is 2.34. The van der Waals surface area contributed by atoms with Crippen LogP contribution in [-0.2, 0) is 5.41 Å². The second kappa shape index (κ2) is 10.2. The monoisotopic (exact) mass is 540 g/mol. The summed E-state index contributed by atoms with van der Waals surface area (Å²) in [5.74, 6) is 0. The van der Waals surface area contributed by atoms with Crippen LogP contribution in [-0.4, -0.2) is 0 Å². The van der Waals surface area contributed by atoms with Crippen molar-refractivity contribution in [2.45, 2.75) is 19.3 Å². The van der Waals surface area contributed by atoms with Gasteiger partial charge in [0.1, 0.15) is 0 Å². The fourth-order valence-corrected chi connectivity index (χ4v) is 6.07. The van der Waals surface area contributed by atoms with E-state index in [1.807, 2.05) is 66.7 Å². The molecule has 0 bridgehead atoms. The predicted molar refractivity (Wildman–Crippen MR) is 176 cm³/mol. The minimum atomic E-state index is -0.163. The predicted octanol–water partition coefficient (Wildman–Crippen LogP) is 10.7. The van der Waals surface area contributed by atoms with Crippen molar-refractivity contribution < 1.29 is 2.74 Å². The highest BCUT2D eigenvalue weighted by Crippen LogP contribution is 2.48. The summed E-state index contributed by atoms with van der Waals surface area (Å²) in [4.78, 5) is 2.15. The fraction of sp³-hybridized carbons (Fsp3) is 0.0750. The smallest absolute Gasteiger partial charge is 0.0991 e. The number of anilines is 3. The van der Waals surface area contributed by atoms with Crippen molar-refractivity contribution in [2.75, 3.05) is 4.90 Å². The molecule has 1 aliphatic carbocycles. The third kappa shape index (κ3) is 4.46. The van der Waals surface area contributed by atoms with Crippen molar-refractivity contribution >= 4 is 39.9 Å². The molecule has 6 aromatic carbocycles. The summed E-state index contributed by atoms with van der Waals surface area (Å²) in [6, 6.07) is 47.2. The van der Waals surface area contributed by atoms with Gasteiger partial charge < -0.3 is 4.90 Å². The maximum absolute atomic E-state index is 9.34. The minimum absolute atomic E-state index is 0.163. The number of nitriles is 1. The van der Waals surface area contributed by atoms with E-state index in [-0.39, 0.29) is 17.5 Å². The molecule has 0 radical (unpaired) electrons. The SMILES string of the molecule is [2H]/C(=C(/[2H])c1ccc2c(c1)C(C)(C)c1ccccc1-2)c1ccc(N(c2ccc(C#N)cc2)c2ccc3ccccc3c2)cc1. The number of rotatable bonds is 5. The maximum Gasteiger partial charge on any atom is 0.0991 e. The highest BCUT2D eigenvalue weighted by molar-refractivity contribution is 5.89. The summed E-state index contributed by atoms with van der Waals surface area (Å²) in [6.07, 6.45) is 0. The molecular formula is C40H30N2. The largest absolute Gasteiger partial charge is 0.310 e. The third-order valence-electron chi connectivity index (χ3n) is 8.31. The first-order valence-corrected chi connectivity index (χ1v) is 14.2. The van der Waals surface area contributed by atoms with E-state index in [0.29, 0.717) is 11.1 Å². The number of nitrogens with zero attached hydrogens (tertiary/aromatic N) is 2. The lowest BCUT2D eigenvalue weighted by Crippen LogP contribution is -2.14. The van der Waals surface area contributed by atoms with Crippen molar-refractivity contribution in [3.05, 3.63) is 161 Å². The van der Waals surface area contributed by atoms with Gasteiger partial charge in [-0.2, -0.15) is 5.26 Å². The lowest BCUT2D eigenvalue weighted by atomic mass is 9.82. The maximum atomic E-state index is 9.34. The molecule has 0 atom stereocenters. The first-order chi connectivity index (χ1) is 21.3. The van der Waals surface area contributed by atoms with E-state index < -0.39 is 0 Å². The molecule has 0 aromatic heterocycles. The molecule has 2 nitrogen and oxygen atoms in total. The van der Waals surface area contributed by atoms with Gasteiger partial charge in [-0.25, -0.2) is 0 Å². The lowest BCUT2D eigenvalue weighted by Gasteiger charge is -2.26. The Hall–Kier alpha value is -5.39. The average molecular weight is 541 g/mol. The van der Waals surface area contributed by atoms with Crippen LogP contribution in [0.2, 0.25) is 0 Å². The molecule has 0 saturated carbocycles. The second-order valence-electron chi connectivity index (χ2n) is 11.3. The van der Waals surface area contributed by atoms with Crippen molar-refractivity contribution in [3.63, 3.8) is 0 Å². The second-order valence-corrected chi connectivity index (χ2v) is 11.3. The number of hydrogen-bond acceptors (Lipinski definition) is 2. The van der Waals surface area contributed by atoms with Gasteiger partial charge in [0.2, 0.25) is 0 Å². The van der Waals surface area contributed by atoms with Gasteiger partial charge in [-0.1, -0.05) is 111 Å². The van der Waals surface area contributed by atoms with Crippen LogP contribution < -0.4 is 4.90 Å². The van der Waals surface area contributed by atoms with Gasteiger partial charge in [0.15, 0.2) is 0 Å². The normalized spacial score (nSPS) is 14.2. The summed E-state index contributed by atoms with van der Waals surface area (Å²) in [6.45, 7) is 4.45. The lowest BCUT2D eigenvalue weighted by molar-refractivity contribution is 0.660. The first kappa shape index (κ1) is 23.3. The summed E-state index contributed by atoms with van der Waals surface area (Å²) in [7, 11) is 0. The van der Waals surface area contributed by atoms with Crippen molar-refractivity contribution in [3.8, 4) is 17.2 Å². The Morgan fingerprint density at radius 3 is 1.95 bits per heavy atom. The van der Waals surface area contributed by atoms with E-state index in [2.05, 4.69) is 91.5 Å². The summed E-state index contributed by atoms with van der Waals surface area (Å²) in [5.41, 5.74) is 9.64. The molecule has 0 fully saturated rings. The number of benzene rings is 6. The third-order valence-corrected chi connectivity index (χ3v) is 8.31. The molecule has 0 aliphatic heterocycles. The zero-order valence-corrected chi connectivity index (χ0v) is 23.6. The average Bonchev–Trinajstić information content (AvgIpc) is 3.30. The molecule has 0 amide bonds. The van der Waals surface area contributed by atoms with E-state index in [4.69, 9.17) is 2.74 Å². The van der Waals surface area contributed by atoms with Gasteiger partial charge in [-0.3, -0.25) is 0 Å². The standard InChI is InChI=1S/C40H30N2/c1-40(2)38-10-6-5-9-36(38)37-24-17-29(25-39(37)40)12-11-28-13-19-33(20-14-28)42(34-21-15-30(27-41)16-22-34)35-23-18-31-7-3-4-8-32(31)26-35/h3-26H,1-2H3/b12-11+/i11D,12D. The molecule has 0 N–H and O–H groups in total. The summed E-state index contributed by atoms with van der Waals surface area (Å²) >= 11 is 0. The first-order valence-electron chi connectivity index (χ1n) is 15.2. The van der Waals surface area contributed by atoms with Gasteiger partial charge in [0.25, 0.3) is 0 Å². The topological polar surface area (TPSA) is 27.0 Å². The Labute approximate surface area is 250 Å². The molecule has 2 heteroatoms. The fourth-order valence-electron chi connectivity index (χ4n) is 6.07. The van der Waals surface area contributed by atoms with Gasteiger partial charge in [0.05, 0.1) is 14.4 Å². The van der Waals surface area contributed by atoms with E-state index in [1.165, 1.54) is 22.3 Å². The quantitative estimate of drug-likeness (QED) is 0.203. The molecule has 0 spiro atoms.